The van der Waals surface area contributed by atoms with Crippen LogP contribution < -0.4 is 5.73 Å². The van der Waals surface area contributed by atoms with Crippen LogP contribution in [0.2, 0.25) is 0 Å². The zero-order valence-electron chi connectivity index (χ0n) is 9.41. The molecule has 0 saturated carbocycles. The second-order valence-electron chi connectivity index (χ2n) is 3.87. The van der Waals surface area contributed by atoms with E-state index in [-0.39, 0.29) is 0 Å². The van der Waals surface area contributed by atoms with Crippen LogP contribution in [0.25, 0.3) is 11.0 Å². The molecule has 1 amide bonds. The van der Waals surface area contributed by atoms with Crippen LogP contribution in [0, 0.1) is 0 Å². The number of amides is 1. The number of imidazole rings is 1. The molecule has 2 heterocycles. The number of carbonyl (C=O) groups is 1. The Morgan fingerprint density at radius 1 is 1.39 bits per heavy atom. The molecule has 2 aromatic heterocycles. The van der Waals surface area contributed by atoms with Crippen LogP contribution in [0.15, 0.2) is 41.4 Å². The molecule has 1 aromatic carbocycles. The average molecular weight is 242 g/mol. The second-order valence-corrected chi connectivity index (χ2v) is 3.87. The Hall–Kier alpha value is -2.63. The van der Waals surface area contributed by atoms with Crippen LogP contribution in [0.3, 0.4) is 0 Å². The Bertz CT molecular complexity index is 700. The first kappa shape index (κ1) is 10.5. The number of hydrogen-bond donors (Lipinski definition) is 1. The molecule has 6 nitrogen and oxygen atoms in total. The molecule has 0 radical (unpaired) electrons. The number of nitrogens with zero attached hydrogens (tertiary/aromatic N) is 3. The lowest BCUT2D eigenvalue weighted by Gasteiger charge is -2.01. The molecule has 0 aliphatic rings. The number of nitrogens with two attached hydrogens (primary N) is 1. The highest BCUT2D eigenvalue weighted by Gasteiger charge is 2.08. The van der Waals surface area contributed by atoms with Gasteiger partial charge in [0.1, 0.15) is 12.8 Å². The van der Waals surface area contributed by atoms with Gasteiger partial charge < -0.3 is 14.7 Å². The SMILES string of the molecule is NC(=O)c1ccc2ncn(Cc3ncco3)c2c1. The van der Waals surface area contributed by atoms with Crippen LogP contribution in [0.4, 0.5) is 0 Å². The van der Waals surface area contributed by atoms with Crippen LogP contribution in [-0.4, -0.2) is 20.4 Å². The van der Waals surface area contributed by atoms with E-state index in [0.717, 1.165) is 11.0 Å². The van der Waals surface area contributed by atoms with Gasteiger partial charge in [-0.25, -0.2) is 9.97 Å². The van der Waals surface area contributed by atoms with Crippen LogP contribution in [-0.2, 0) is 6.54 Å². The highest BCUT2D eigenvalue weighted by atomic mass is 16.3. The zero-order valence-corrected chi connectivity index (χ0v) is 9.41. The monoisotopic (exact) mass is 242 g/mol. The molecule has 90 valence electrons. The fourth-order valence-corrected chi connectivity index (χ4v) is 1.81. The quantitative estimate of drug-likeness (QED) is 0.746. The summed E-state index contributed by atoms with van der Waals surface area (Å²) in [5.41, 5.74) is 7.34. The van der Waals surface area contributed by atoms with Crippen molar-refractivity contribution in [2.75, 3.05) is 0 Å². The van der Waals surface area contributed by atoms with E-state index >= 15 is 0 Å². The Kier molecular flexibility index (Phi) is 2.33. The minimum absolute atomic E-state index is 0.455. The minimum atomic E-state index is -0.458. The van der Waals surface area contributed by atoms with Crippen molar-refractivity contribution < 1.29 is 9.21 Å². The second kappa shape index (κ2) is 3.99. The highest BCUT2D eigenvalue weighted by molar-refractivity contribution is 5.96. The summed E-state index contributed by atoms with van der Waals surface area (Å²) in [6, 6.07) is 5.14. The topological polar surface area (TPSA) is 86.9 Å². The van der Waals surface area contributed by atoms with E-state index in [1.807, 2.05) is 4.57 Å². The van der Waals surface area contributed by atoms with Gasteiger partial charge >= 0.3 is 0 Å². The van der Waals surface area contributed by atoms with Crippen molar-refractivity contribution in [3.05, 3.63) is 48.4 Å². The summed E-state index contributed by atoms with van der Waals surface area (Å²) < 4.78 is 7.04. The first-order valence-electron chi connectivity index (χ1n) is 5.37. The van der Waals surface area contributed by atoms with E-state index in [0.29, 0.717) is 18.0 Å². The Labute approximate surface area is 102 Å². The molecule has 18 heavy (non-hydrogen) atoms. The van der Waals surface area contributed by atoms with E-state index in [1.165, 1.54) is 6.26 Å². The lowest BCUT2D eigenvalue weighted by molar-refractivity contribution is 0.100. The predicted octanol–water partition coefficient (Wildman–Crippen LogP) is 1.17. The number of oxazole rings is 1. The van der Waals surface area contributed by atoms with Crippen molar-refractivity contribution in [2.24, 2.45) is 5.73 Å². The Morgan fingerprint density at radius 3 is 3.00 bits per heavy atom. The van der Waals surface area contributed by atoms with Crippen LogP contribution in [0.1, 0.15) is 16.2 Å². The maximum atomic E-state index is 11.2. The molecule has 0 fully saturated rings. The van der Waals surface area contributed by atoms with Gasteiger partial charge in [0.15, 0.2) is 0 Å². The van der Waals surface area contributed by atoms with E-state index in [2.05, 4.69) is 9.97 Å². The molecule has 0 spiro atoms. The van der Waals surface area contributed by atoms with E-state index in [9.17, 15) is 4.79 Å². The number of hydrogen-bond acceptors (Lipinski definition) is 4. The van der Waals surface area contributed by atoms with Crippen molar-refractivity contribution in [3.63, 3.8) is 0 Å². The first-order chi connectivity index (χ1) is 8.74. The third kappa shape index (κ3) is 1.73. The molecule has 0 aliphatic heterocycles. The van der Waals surface area contributed by atoms with Gasteiger partial charge in [-0.05, 0) is 18.2 Å². The lowest BCUT2D eigenvalue weighted by atomic mass is 10.2. The van der Waals surface area contributed by atoms with Crippen LogP contribution in [0.5, 0.6) is 0 Å². The summed E-state index contributed by atoms with van der Waals surface area (Å²) in [7, 11) is 0. The summed E-state index contributed by atoms with van der Waals surface area (Å²) in [5.74, 6) is 0.125. The third-order valence-corrected chi connectivity index (χ3v) is 2.69. The Morgan fingerprint density at radius 2 is 2.28 bits per heavy atom. The number of rotatable bonds is 3. The molecule has 0 aliphatic carbocycles. The molecular weight excluding hydrogens is 232 g/mol. The fourth-order valence-electron chi connectivity index (χ4n) is 1.81. The molecule has 3 rings (SSSR count). The van der Waals surface area contributed by atoms with Gasteiger partial charge in [0, 0.05) is 5.56 Å². The number of carbonyl (C=O) groups excluding carboxylic acids is 1. The molecule has 0 bridgehead atoms. The summed E-state index contributed by atoms with van der Waals surface area (Å²) in [6.07, 6.45) is 4.78. The minimum Gasteiger partial charge on any atom is -0.447 e. The van der Waals surface area contributed by atoms with Gasteiger partial charge in [-0.3, -0.25) is 4.79 Å². The first-order valence-corrected chi connectivity index (χ1v) is 5.37. The number of primary amides is 1. The van der Waals surface area contributed by atoms with Crippen molar-refractivity contribution in [1.29, 1.82) is 0 Å². The van der Waals surface area contributed by atoms with Gasteiger partial charge in [0.2, 0.25) is 11.8 Å². The molecule has 0 unspecified atom stereocenters. The third-order valence-electron chi connectivity index (χ3n) is 2.69. The van der Waals surface area contributed by atoms with Gasteiger partial charge in [-0.1, -0.05) is 0 Å². The largest absolute Gasteiger partial charge is 0.447 e. The number of fused-ring (bicyclic) bond motifs is 1. The predicted molar refractivity (Wildman–Crippen MR) is 63.9 cm³/mol. The molecule has 0 saturated heterocycles. The smallest absolute Gasteiger partial charge is 0.248 e. The van der Waals surface area contributed by atoms with E-state index < -0.39 is 5.91 Å². The van der Waals surface area contributed by atoms with Gasteiger partial charge in [-0.2, -0.15) is 0 Å². The van der Waals surface area contributed by atoms with Crippen molar-refractivity contribution in [3.8, 4) is 0 Å². The summed E-state index contributed by atoms with van der Waals surface area (Å²) in [5, 5.41) is 0. The van der Waals surface area contributed by atoms with E-state index in [1.54, 1.807) is 30.7 Å². The maximum absolute atomic E-state index is 11.2. The number of benzene rings is 1. The fraction of sp³-hybridized carbons (Fsp3) is 0.0833. The molecule has 3 aromatic rings. The lowest BCUT2D eigenvalue weighted by Crippen LogP contribution is -2.10. The van der Waals surface area contributed by atoms with Gasteiger partial charge in [0.25, 0.3) is 0 Å². The molecule has 2 N–H and O–H groups in total. The summed E-state index contributed by atoms with van der Waals surface area (Å²) in [4.78, 5) is 19.4. The standard InChI is InChI=1S/C12H10N4O2/c13-12(17)8-1-2-9-10(5-8)16(7-15-9)6-11-14-3-4-18-11/h1-5,7H,6H2,(H2,13,17). The van der Waals surface area contributed by atoms with E-state index in [4.69, 9.17) is 10.2 Å². The van der Waals surface area contributed by atoms with Crippen molar-refractivity contribution >= 4 is 16.9 Å². The zero-order chi connectivity index (χ0) is 12.5. The van der Waals surface area contributed by atoms with Crippen molar-refractivity contribution in [2.45, 2.75) is 6.54 Å². The van der Waals surface area contributed by atoms with Gasteiger partial charge in [0.05, 0.1) is 23.6 Å². The summed E-state index contributed by atoms with van der Waals surface area (Å²) in [6.45, 7) is 0.464. The molecule has 0 atom stereocenters. The normalized spacial score (nSPS) is 10.9. The average Bonchev–Trinajstić information content (AvgIpc) is 2.99. The maximum Gasteiger partial charge on any atom is 0.248 e. The van der Waals surface area contributed by atoms with Crippen molar-refractivity contribution in [1.82, 2.24) is 14.5 Å². The molecular formula is C12H10N4O2. The summed E-state index contributed by atoms with van der Waals surface area (Å²) >= 11 is 0. The molecule has 6 heteroatoms. The number of aromatic nitrogens is 3. The Balaban J connectivity index is 2.06. The van der Waals surface area contributed by atoms with Crippen LogP contribution >= 0.6 is 0 Å². The highest BCUT2D eigenvalue weighted by Crippen LogP contribution is 2.16. The van der Waals surface area contributed by atoms with Gasteiger partial charge in [-0.15, -0.1) is 0 Å².